The van der Waals surface area contributed by atoms with E-state index in [0.29, 0.717) is 11.4 Å². The van der Waals surface area contributed by atoms with Crippen LogP contribution in [0.2, 0.25) is 0 Å². The summed E-state index contributed by atoms with van der Waals surface area (Å²) in [7, 11) is 0. The van der Waals surface area contributed by atoms with E-state index in [1.54, 1.807) is 6.07 Å². The molecular formula is C11H13NO2S. The number of carboxylic acids is 1. The molecular weight excluding hydrogens is 210 g/mol. The number of nitrogen functional groups attached to an aromatic ring is 1. The molecule has 0 radical (unpaired) electrons. The largest absolute Gasteiger partial charge is 0.478 e. The molecule has 0 aliphatic carbocycles. The van der Waals surface area contributed by atoms with Gasteiger partial charge in [0.05, 0.1) is 0 Å². The minimum atomic E-state index is -0.949. The van der Waals surface area contributed by atoms with Gasteiger partial charge in [0.15, 0.2) is 0 Å². The summed E-state index contributed by atoms with van der Waals surface area (Å²) in [5.41, 5.74) is 7.59. The second kappa shape index (κ2) is 4.89. The van der Waals surface area contributed by atoms with Gasteiger partial charge in [-0.2, -0.15) is 0 Å². The van der Waals surface area contributed by atoms with Gasteiger partial charge < -0.3 is 10.8 Å². The molecule has 0 aliphatic rings. The van der Waals surface area contributed by atoms with Gasteiger partial charge in [-0.25, -0.2) is 4.79 Å². The molecule has 1 aromatic rings. The van der Waals surface area contributed by atoms with Gasteiger partial charge in [-0.15, -0.1) is 11.8 Å². The summed E-state index contributed by atoms with van der Waals surface area (Å²) in [5, 5.41) is 8.64. The van der Waals surface area contributed by atoms with Gasteiger partial charge in [0.2, 0.25) is 0 Å². The molecule has 3 N–H and O–H groups in total. The SMILES string of the molecule is C=C(CSc1ccc(N)cc1C)C(=O)O. The van der Waals surface area contributed by atoms with Crippen LogP contribution in [0.4, 0.5) is 5.69 Å². The highest BCUT2D eigenvalue weighted by molar-refractivity contribution is 7.99. The number of thioether (sulfide) groups is 1. The Kier molecular flexibility index (Phi) is 3.80. The van der Waals surface area contributed by atoms with E-state index in [9.17, 15) is 4.79 Å². The summed E-state index contributed by atoms with van der Waals surface area (Å²) in [6.07, 6.45) is 0. The lowest BCUT2D eigenvalue weighted by atomic mass is 10.2. The highest BCUT2D eigenvalue weighted by Crippen LogP contribution is 2.25. The zero-order valence-electron chi connectivity index (χ0n) is 8.49. The Balaban J connectivity index is 2.66. The average Bonchev–Trinajstić information content (AvgIpc) is 2.15. The number of nitrogens with two attached hydrogens (primary N) is 1. The first-order valence-corrected chi connectivity index (χ1v) is 5.39. The first-order chi connectivity index (χ1) is 7.00. The van der Waals surface area contributed by atoms with E-state index in [1.165, 1.54) is 11.8 Å². The van der Waals surface area contributed by atoms with Crippen molar-refractivity contribution in [3.63, 3.8) is 0 Å². The number of hydrogen-bond donors (Lipinski definition) is 2. The van der Waals surface area contributed by atoms with Crippen LogP contribution in [0.3, 0.4) is 0 Å². The molecule has 0 heterocycles. The van der Waals surface area contributed by atoms with Crippen LogP contribution >= 0.6 is 11.8 Å². The quantitative estimate of drug-likeness (QED) is 0.467. The van der Waals surface area contributed by atoms with Crippen molar-refractivity contribution in [2.24, 2.45) is 0 Å². The molecule has 0 saturated carbocycles. The van der Waals surface area contributed by atoms with E-state index in [2.05, 4.69) is 6.58 Å². The molecule has 1 aromatic carbocycles. The lowest BCUT2D eigenvalue weighted by molar-refractivity contribution is -0.132. The minimum absolute atomic E-state index is 0.205. The van der Waals surface area contributed by atoms with Gasteiger partial charge in [-0.3, -0.25) is 0 Å². The van der Waals surface area contributed by atoms with Crippen LogP contribution in [0, 0.1) is 6.92 Å². The van der Waals surface area contributed by atoms with E-state index >= 15 is 0 Å². The van der Waals surface area contributed by atoms with Crippen molar-refractivity contribution in [2.75, 3.05) is 11.5 Å². The van der Waals surface area contributed by atoms with Gasteiger partial charge in [-0.1, -0.05) is 6.58 Å². The van der Waals surface area contributed by atoms with Crippen LogP contribution in [-0.4, -0.2) is 16.8 Å². The third-order valence-corrected chi connectivity index (χ3v) is 3.17. The fourth-order valence-corrected chi connectivity index (χ4v) is 1.97. The molecule has 0 aromatic heterocycles. The number of hydrogen-bond acceptors (Lipinski definition) is 3. The van der Waals surface area contributed by atoms with Crippen LogP contribution in [0.15, 0.2) is 35.2 Å². The fourth-order valence-electron chi connectivity index (χ4n) is 1.06. The Hall–Kier alpha value is -1.42. The van der Waals surface area contributed by atoms with Crippen molar-refractivity contribution in [3.8, 4) is 0 Å². The van der Waals surface area contributed by atoms with Gasteiger partial charge in [-0.05, 0) is 30.7 Å². The van der Waals surface area contributed by atoms with Crippen LogP contribution in [-0.2, 0) is 4.79 Å². The van der Waals surface area contributed by atoms with E-state index in [4.69, 9.17) is 10.8 Å². The van der Waals surface area contributed by atoms with E-state index < -0.39 is 5.97 Å². The van der Waals surface area contributed by atoms with E-state index in [1.807, 2.05) is 19.1 Å². The Morgan fingerprint density at radius 3 is 2.80 bits per heavy atom. The number of benzene rings is 1. The number of rotatable bonds is 4. The maximum atomic E-state index is 10.5. The van der Waals surface area contributed by atoms with Crippen molar-refractivity contribution >= 4 is 23.4 Å². The van der Waals surface area contributed by atoms with Crippen molar-refractivity contribution in [1.82, 2.24) is 0 Å². The summed E-state index contributed by atoms with van der Waals surface area (Å²) in [5.74, 6) is -0.560. The summed E-state index contributed by atoms with van der Waals surface area (Å²) in [4.78, 5) is 11.6. The number of aryl methyl sites for hydroxylation is 1. The molecule has 0 saturated heterocycles. The summed E-state index contributed by atoms with van der Waals surface area (Å²) < 4.78 is 0. The standard InChI is InChI=1S/C11H13NO2S/c1-7-5-9(12)3-4-10(7)15-6-8(2)11(13)14/h3-5H,2,6,12H2,1H3,(H,13,14). The Labute approximate surface area is 93.0 Å². The second-order valence-corrected chi connectivity index (χ2v) is 4.24. The van der Waals surface area contributed by atoms with Gasteiger partial charge >= 0.3 is 5.97 Å². The molecule has 15 heavy (non-hydrogen) atoms. The van der Waals surface area contributed by atoms with Gasteiger partial charge in [0.1, 0.15) is 0 Å². The minimum Gasteiger partial charge on any atom is -0.478 e. The predicted octanol–water partition coefficient (Wildman–Crippen LogP) is 2.31. The molecule has 1 rings (SSSR count). The van der Waals surface area contributed by atoms with Crippen LogP contribution < -0.4 is 5.73 Å². The van der Waals surface area contributed by atoms with E-state index in [-0.39, 0.29) is 5.57 Å². The highest BCUT2D eigenvalue weighted by atomic mass is 32.2. The maximum absolute atomic E-state index is 10.5. The second-order valence-electron chi connectivity index (χ2n) is 3.22. The lowest BCUT2D eigenvalue weighted by Gasteiger charge is -2.06. The molecule has 0 aliphatic heterocycles. The highest BCUT2D eigenvalue weighted by Gasteiger charge is 2.06. The molecule has 0 atom stereocenters. The van der Waals surface area contributed by atoms with Gasteiger partial charge in [0, 0.05) is 21.9 Å². The topological polar surface area (TPSA) is 63.3 Å². The van der Waals surface area contributed by atoms with Crippen molar-refractivity contribution in [1.29, 1.82) is 0 Å². The van der Waals surface area contributed by atoms with Crippen LogP contribution in [0.5, 0.6) is 0 Å². The third kappa shape index (κ3) is 3.32. The number of anilines is 1. The fraction of sp³-hybridized carbons (Fsp3) is 0.182. The molecule has 3 nitrogen and oxygen atoms in total. The van der Waals surface area contributed by atoms with Crippen LogP contribution in [0.1, 0.15) is 5.56 Å². The van der Waals surface area contributed by atoms with Crippen molar-refractivity contribution in [2.45, 2.75) is 11.8 Å². The smallest absolute Gasteiger partial charge is 0.331 e. The molecule has 0 fully saturated rings. The van der Waals surface area contributed by atoms with Gasteiger partial charge in [0.25, 0.3) is 0 Å². The van der Waals surface area contributed by atoms with Crippen molar-refractivity contribution < 1.29 is 9.90 Å². The third-order valence-electron chi connectivity index (χ3n) is 1.90. The van der Waals surface area contributed by atoms with Crippen LogP contribution in [0.25, 0.3) is 0 Å². The Bertz CT molecular complexity index is 402. The summed E-state index contributed by atoms with van der Waals surface area (Å²) in [6, 6.07) is 5.56. The Morgan fingerprint density at radius 1 is 1.60 bits per heavy atom. The first-order valence-electron chi connectivity index (χ1n) is 4.40. The average molecular weight is 223 g/mol. The Morgan fingerprint density at radius 2 is 2.27 bits per heavy atom. The van der Waals surface area contributed by atoms with Crippen molar-refractivity contribution in [3.05, 3.63) is 35.9 Å². The van der Waals surface area contributed by atoms with E-state index in [0.717, 1.165) is 10.5 Å². The molecule has 0 unspecified atom stereocenters. The number of carboxylic acid groups (broad SMARTS) is 1. The molecule has 0 spiro atoms. The number of aliphatic carboxylic acids is 1. The normalized spacial score (nSPS) is 9.93. The molecule has 0 amide bonds. The molecule has 0 bridgehead atoms. The summed E-state index contributed by atoms with van der Waals surface area (Å²) >= 11 is 1.46. The number of carbonyl (C=O) groups is 1. The molecule has 4 heteroatoms. The predicted molar refractivity (Wildman–Crippen MR) is 63.1 cm³/mol. The molecule has 80 valence electrons. The lowest BCUT2D eigenvalue weighted by Crippen LogP contribution is -2.01. The zero-order chi connectivity index (χ0) is 11.4. The summed E-state index contributed by atoms with van der Waals surface area (Å²) in [6.45, 7) is 5.42. The monoisotopic (exact) mass is 223 g/mol. The zero-order valence-corrected chi connectivity index (χ0v) is 9.30. The first kappa shape index (κ1) is 11.7. The maximum Gasteiger partial charge on any atom is 0.331 e.